The van der Waals surface area contributed by atoms with Gasteiger partial charge in [-0.3, -0.25) is 9.59 Å². The van der Waals surface area contributed by atoms with Crippen molar-refractivity contribution in [3.63, 3.8) is 0 Å². The second-order valence-electron chi connectivity index (χ2n) is 8.15. The zero-order chi connectivity index (χ0) is 21.1. The van der Waals surface area contributed by atoms with Gasteiger partial charge >= 0.3 is 0 Å². The van der Waals surface area contributed by atoms with E-state index in [1.165, 1.54) is 31.2 Å². The zero-order valence-electron chi connectivity index (χ0n) is 17.5. The first-order valence-corrected chi connectivity index (χ1v) is 10.5. The van der Waals surface area contributed by atoms with Crippen LogP contribution in [0.5, 0.6) is 0 Å². The van der Waals surface area contributed by atoms with Crippen molar-refractivity contribution < 1.29 is 9.59 Å². The van der Waals surface area contributed by atoms with Gasteiger partial charge in [-0.1, -0.05) is 48.7 Å². The van der Waals surface area contributed by atoms with E-state index in [1.807, 2.05) is 56.6 Å². The number of benzene rings is 1. The highest BCUT2D eigenvalue weighted by molar-refractivity contribution is 6.08. The number of hydrogen-bond donors (Lipinski definition) is 1. The molecule has 154 valence electrons. The van der Waals surface area contributed by atoms with E-state index in [9.17, 15) is 9.59 Å². The molecule has 1 aliphatic carbocycles. The molecule has 5 heteroatoms. The molecule has 0 bridgehead atoms. The Morgan fingerprint density at radius 1 is 1.03 bits per heavy atom. The number of ketones is 1. The molecule has 5 nitrogen and oxygen atoms in total. The molecule has 1 aromatic carbocycles. The van der Waals surface area contributed by atoms with E-state index in [1.54, 1.807) is 10.6 Å². The van der Waals surface area contributed by atoms with Gasteiger partial charge in [-0.05, 0) is 49.4 Å². The van der Waals surface area contributed by atoms with Crippen LogP contribution in [-0.4, -0.2) is 21.2 Å². The standard InChI is InChI=1S/C25H27N3O2/c1-17-7-9-19(10-8-17)25(30)22-13-12-21(28(22)2)15-24(29)27-23-14-11-20(16-26-23)18-5-3-4-6-18/h7-14,16,18H,3-6,15H2,1-2H3,(H,26,27,29). The predicted octanol–water partition coefficient (Wildman–Crippen LogP) is 4.80. The summed E-state index contributed by atoms with van der Waals surface area (Å²) in [7, 11) is 1.82. The fraction of sp³-hybridized carbons (Fsp3) is 0.320. The van der Waals surface area contributed by atoms with Crippen molar-refractivity contribution in [1.29, 1.82) is 0 Å². The van der Waals surface area contributed by atoms with E-state index in [0.29, 0.717) is 23.0 Å². The van der Waals surface area contributed by atoms with Gasteiger partial charge in [-0.25, -0.2) is 4.98 Å². The Hall–Kier alpha value is -3.21. The van der Waals surface area contributed by atoms with Crippen LogP contribution < -0.4 is 5.32 Å². The van der Waals surface area contributed by atoms with Gasteiger partial charge in [0.05, 0.1) is 12.1 Å². The molecule has 1 N–H and O–H groups in total. The van der Waals surface area contributed by atoms with E-state index in [4.69, 9.17) is 0 Å². The molecule has 2 heterocycles. The van der Waals surface area contributed by atoms with Gasteiger partial charge < -0.3 is 9.88 Å². The summed E-state index contributed by atoms with van der Waals surface area (Å²) in [5, 5.41) is 2.86. The topological polar surface area (TPSA) is 64.0 Å². The number of nitrogens with one attached hydrogen (secondary N) is 1. The minimum absolute atomic E-state index is 0.0478. The first-order valence-electron chi connectivity index (χ1n) is 10.5. The van der Waals surface area contributed by atoms with Crippen molar-refractivity contribution >= 4 is 17.5 Å². The molecule has 3 aromatic rings. The average molecular weight is 402 g/mol. The van der Waals surface area contributed by atoms with Crippen LogP contribution >= 0.6 is 0 Å². The number of aromatic nitrogens is 2. The molecular formula is C25H27N3O2. The van der Waals surface area contributed by atoms with E-state index in [2.05, 4.69) is 16.4 Å². The van der Waals surface area contributed by atoms with E-state index >= 15 is 0 Å². The van der Waals surface area contributed by atoms with Gasteiger partial charge in [0.2, 0.25) is 11.7 Å². The summed E-state index contributed by atoms with van der Waals surface area (Å²) >= 11 is 0. The maximum absolute atomic E-state index is 12.8. The number of pyridine rings is 1. The Bertz CT molecular complexity index is 1040. The number of anilines is 1. The summed E-state index contributed by atoms with van der Waals surface area (Å²) in [5.41, 5.74) is 4.36. The first kappa shape index (κ1) is 20.1. The van der Waals surface area contributed by atoms with Crippen LogP contribution in [0.4, 0.5) is 5.82 Å². The van der Waals surface area contributed by atoms with Gasteiger partial charge in [0.15, 0.2) is 0 Å². The second-order valence-corrected chi connectivity index (χ2v) is 8.15. The summed E-state index contributed by atoms with van der Waals surface area (Å²) in [4.78, 5) is 29.7. The molecule has 0 radical (unpaired) electrons. The maximum Gasteiger partial charge on any atom is 0.231 e. The highest BCUT2D eigenvalue weighted by Crippen LogP contribution is 2.33. The van der Waals surface area contributed by atoms with Gasteiger partial charge in [-0.2, -0.15) is 0 Å². The molecular weight excluding hydrogens is 374 g/mol. The Balaban J connectivity index is 1.40. The highest BCUT2D eigenvalue weighted by atomic mass is 16.1. The van der Waals surface area contributed by atoms with Crippen LogP contribution in [0, 0.1) is 6.92 Å². The van der Waals surface area contributed by atoms with Crippen molar-refractivity contribution in [2.75, 3.05) is 5.32 Å². The lowest BCUT2D eigenvalue weighted by Gasteiger charge is -2.11. The lowest BCUT2D eigenvalue weighted by atomic mass is 10.00. The van der Waals surface area contributed by atoms with E-state index in [-0.39, 0.29) is 18.1 Å². The van der Waals surface area contributed by atoms with Crippen molar-refractivity contribution in [3.8, 4) is 0 Å². The number of hydrogen-bond acceptors (Lipinski definition) is 3. The van der Waals surface area contributed by atoms with Crippen molar-refractivity contribution in [1.82, 2.24) is 9.55 Å². The minimum Gasteiger partial charge on any atom is -0.344 e. The smallest absolute Gasteiger partial charge is 0.231 e. The molecule has 0 unspecified atom stereocenters. The Morgan fingerprint density at radius 2 is 1.77 bits per heavy atom. The first-order chi connectivity index (χ1) is 14.5. The maximum atomic E-state index is 12.8. The normalized spacial score (nSPS) is 14.1. The summed E-state index contributed by atoms with van der Waals surface area (Å²) in [6.45, 7) is 1.99. The quantitative estimate of drug-likeness (QED) is 0.604. The van der Waals surface area contributed by atoms with Gasteiger partial charge in [0, 0.05) is 24.5 Å². The third-order valence-corrected chi connectivity index (χ3v) is 5.99. The number of carbonyl (C=O) groups excluding carboxylic acids is 2. The monoisotopic (exact) mass is 401 g/mol. The third kappa shape index (κ3) is 4.35. The highest BCUT2D eigenvalue weighted by Gasteiger charge is 2.18. The van der Waals surface area contributed by atoms with Crippen LogP contribution in [0.15, 0.2) is 54.7 Å². The number of aryl methyl sites for hydroxylation is 1. The number of amides is 1. The van der Waals surface area contributed by atoms with Crippen molar-refractivity contribution in [2.45, 2.75) is 44.9 Å². The van der Waals surface area contributed by atoms with Gasteiger partial charge in [0.1, 0.15) is 5.82 Å². The molecule has 0 spiro atoms. The van der Waals surface area contributed by atoms with Crippen LogP contribution in [0.3, 0.4) is 0 Å². The van der Waals surface area contributed by atoms with Gasteiger partial charge in [-0.15, -0.1) is 0 Å². The molecule has 30 heavy (non-hydrogen) atoms. The fourth-order valence-corrected chi connectivity index (χ4v) is 4.14. The second kappa shape index (κ2) is 8.66. The van der Waals surface area contributed by atoms with E-state index < -0.39 is 0 Å². The van der Waals surface area contributed by atoms with Crippen LogP contribution in [-0.2, 0) is 18.3 Å². The van der Waals surface area contributed by atoms with Crippen LogP contribution in [0.25, 0.3) is 0 Å². The van der Waals surface area contributed by atoms with Crippen LogP contribution in [0.1, 0.15) is 64.5 Å². The Morgan fingerprint density at radius 3 is 2.43 bits per heavy atom. The van der Waals surface area contributed by atoms with Crippen molar-refractivity contribution in [3.05, 3.63) is 82.8 Å². The minimum atomic E-state index is -0.147. The molecule has 1 aliphatic rings. The fourth-order valence-electron chi connectivity index (χ4n) is 4.14. The number of nitrogens with zero attached hydrogens (tertiary/aromatic N) is 2. The summed E-state index contributed by atoms with van der Waals surface area (Å²) in [6, 6.07) is 15.1. The summed E-state index contributed by atoms with van der Waals surface area (Å²) in [6.07, 6.45) is 7.09. The molecule has 0 saturated heterocycles. The predicted molar refractivity (Wildman–Crippen MR) is 118 cm³/mol. The molecule has 1 amide bonds. The molecule has 1 fully saturated rings. The Labute approximate surface area is 177 Å². The van der Waals surface area contributed by atoms with Crippen LogP contribution in [0.2, 0.25) is 0 Å². The molecule has 2 aromatic heterocycles. The number of carbonyl (C=O) groups is 2. The Kier molecular flexibility index (Phi) is 5.79. The SMILES string of the molecule is Cc1ccc(C(=O)c2ccc(CC(=O)Nc3ccc(C4CCCC4)cn3)n2C)cc1. The van der Waals surface area contributed by atoms with E-state index in [0.717, 1.165) is 11.3 Å². The third-order valence-electron chi connectivity index (χ3n) is 5.99. The van der Waals surface area contributed by atoms with Gasteiger partial charge in [0.25, 0.3) is 0 Å². The lowest BCUT2D eigenvalue weighted by molar-refractivity contribution is -0.115. The average Bonchev–Trinajstić information content (AvgIpc) is 3.40. The molecule has 4 rings (SSSR count). The largest absolute Gasteiger partial charge is 0.344 e. The molecule has 1 saturated carbocycles. The van der Waals surface area contributed by atoms with Crippen molar-refractivity contribution in [2.24, 2.45) is 7.05 Å². The summed E-state index contributed by atoms with van der Waals surface area (Å²) in [5.74, 6) is 0.974. The summed E-state index contributed by atoms with van der Waals surface area (Å²) < 4.78 is 1.79. The lowest BCUT2D eigenvalue weighted by Crippen LogP contribution is -2.18. The number of rotatable bonds is 6. The molecule has 0 atom stereocenters. The molecule has 0 aliphatic heterocycles. The zero-order valence-corrected chi connectivity index (χ0v) is 17.5.